The maximum Gasteiger partial charge on any atom is 0.197 e. The molecule has 4 heterocycles. The summed E-state index contributed by atoms with van der Waals surface area (Å²) in [6, 6.07) is 5.97. The van der Waals surface area contributed by atoms with Gasteiger partial charge in [-0.1, -0.05) is 17.8 Å². The molecule has 0 fully saturated rings. The molecule has 0 atom stereocenters. The lowest BCUT2D eigenvalue weighted by Crippen LogP contribution is -1.99. The summed E-state index contributed by atoms with van der Waals surface area (Å²) in [6.45, 7) is 0. The fourth-order valence-electron chi connectivity index (χ4n) is 3.26. The number of hydrogen-bond donors (Lipinski definition) is 0. The van der Waals surface area contributed by atoms with E-state index in [2.05, 4.69) is 20.2 Å². The lowest BCUT2D eigenvalue weighted by Gasteiger charge is -2.10. The Bertz CT molecular complexity index is 1020. The van der Waals surface area contributed by atoms with Gasteiger partial charge in [0, 0.05) is 16.8 Å². The first kappa shape index (κ1) is 14.4. The zero-order valence-corrected chi connectivity index (χ0v) is 14.6. The third-order valence-electron chi connectivity index (χ3n) is 4.41. The van der Waals surface area contributed by atoms with E-state index in [1.807, 2.05) is 46.5 Å². The number of thiophene rings is 1. The Morgan fingerprint density at radius 2 is 2.08 bits per heavy atom. The molecule has 5 nitrogen and oxygen atoms in total. The third-order valence-corrected chi connectivity index (χ3v) is 6.58. The van der Waals surface area contributed by atoms with Gasteiger partial charge in [-0.15, -0.1) is 21.5 Å². The Labute approximate surface area is 147 Å². The highest BCUT2D eigenvalue weighted by Crippen LogP contribution is 2.37. The van der Waals surface area contributed by atoms with E-state index in [1.165, 1.54) is 35.1 Å². The molecule has 4 aromatic rings. The Morgan fingerprint density at radius 1 is 1.12 bits per heavy atom. The SMILES string of the molecule is c1ccc(CSc2nnc3c4c5c(sc4ncn23)CCCC5)nc1. The van der Waals surface area contributed by atoms with Gasteiger partial charge in [0.05, 0.1) is 11.1 Å². The molecule has 0 radical (unpaired) electrons. The van der Waals surface area contributed by atoms with Crippen molar-refractivity contribution in [3.63, 3.8) is 0 Å². The Hall–Kier alpha value is -1.99. The first-order valence-electron chi connectivity index (χ1n) is 8.07. The molecule has 0 N–H and O–H groups in total. The van der Waals surface area contributed by atoms with Crippen LogP contribution in [0, 0.1) is 0 Å². The molecule has 0 saturated heterocycles. The lowest BCUT2D eigenvalue weighted by molar-refractivity contribution is 0.700. The minimum atomic E-state index is 0.779. The molecule has 120 valence electrons. The van der Waals surface area contributed by atoms with Crippen LogP contribution in [0.4, 0.5) is 0 Å². The fraction of sp³-hybridized carbons (Fsp3) is 0.294. The van der Waals surface area contributed by atoms with Gasteiger partial charge in [-0.2, -0.15) is 0 Å². The predicted molar refractivity (Wildman–Crippen MR) is 96.6 cm³/mol. The quantitative estimate of drug-likeness (QED) is 0.523. The van der Waals surface area contributed by atoms with Crippen molar-refractivity contribution >= 4 is 39.0 Å². The van der Waals surface area contributed by atoms with Crippen LogP contribution in [0.25, 0.3) is 15.9 Å². The van der Waals surface area contributed by atoms with Crippen LogP contribution in [-0.4, -0.2) is 24.6 Å². The molecule has 0 saturated carbocycles. The minimum absolute atomic E-state index is 0.779. The predicted octanol–water partition coefficient (Wildman–Crippen LogP) is 3.91. The largest absolute Gasteiger partial charge is 0.260 e. The van der Waals surface area contributed by atoms with E-state index in [9.17, 15) is 0 Å². The van der Waals surface area contributed by atoms with Crippen LogP contribution >= 0.6 is 23.1 Å². The van der Waals surface area contributed by atoms with Gasteiger partial charge in [0.2, 0.25) is 0 Å². The smallest absolute Gasteiger partial charge is 0.197 e. The summed E-state index contributed by atoms with van der Waals surface area (Å²) in [5.74, 6) is 0.779. The number of aryl methyl sites for hydroxylation is 2. The number of nitrogens with zero attached hydrogens (tertiary/aromatic N) is 5. The Balaban J connectivity index is 1.57. The van der Waals surface area contributed by atoms with E-state index >= 15 is 0 Å². The summed E-state index contributed by atoms with van der Waals surface area (Å²) >= 11 is 3.47. The van der Waals surface area contributed by atoms with Crippen molar-refractivity contribution in [3.05, 3.63) is 46.9 Å². The molecule has 0 unspecified atom stereocenters. The first-order valence-corrected chi connectivity index (χ1v) is 9.87. The highest BCUT2D eigenvalue weighted by Gasteiger charge is 2.21. The van der Waals surface area contributed by atoms with Crippen molar-refractivity contribution in [1.82, 2.24) is 24.6 Å². The normalized spacial score (nSPS) is 14.3. The van der Waals surface area contributed by atoms with Crippen LogP contribution in [0.5, 0.6) is 0 Å². The molecule has 0 amide bonds. The van der Waals surface area contributed by atoms with Crippen LogP contribution in [0.1, 0.15) is 29.0 Å². The number of hydrogen-bond acceptors (Lipinski definition) is 6. The molecule has 0 aliphatic heterocycles. The molecule has 0 bridgehead atoms. The number of thioether (sulfide) groups is 1. The van der Waals surface area contributed by atoms with Gasteiger partial charge < -0.3 is 0 Å². The molecule has 4 aromatic heterocycles. The summed E-state index contributed by atoms with van der Waals surface area (Å²) in [5, 5.41) is 11.0. The molecule has 0 aromatic carbocycles. The van der Waals surface area contributed by atoms with E-state index in [4.69, 9.17) is 0 Å². The molecule has 1 aliphatic carbocycles. The Kier molecular flexibility index (Phi) is 3.48. The van der Waals surface area contributed by atoms with Crippen molar-refractivity contribution in [2.24, 2.45) is 0 Å². The zero-order chi connectivity index (χ0) is 15.9. The van der Waals surface area contributed by atoms with Gasteiger partial charge in [0.1, 0.15) is 11.2 Å². The van der Waals surface area contributed by atoms with Crippen molar-refractivity contribution in [1.29, 1.82) is 0 Å². The van der Waals surface area contributed by atoms with Crippen LogP contribution in [0.15, 0.2) is 35.9 Å². The number of pyridine rings is 1. The summed E-state index contributed by atoms with van der Waals surface area (Å²) in [6.07, 6.45) is 8.54. The van der Waals surface area contributed by atoms with Crippen LogP contribution in [-0.2, 0) is 18.6 Å². The average Bonchev–Trinajstić information content (AvgIpc) is 3.21. The topological polar surface area (TPSA) is 56.0 Å². The summed E-state index contributed by atoms with van der Waals surface area (Å²) < 4.78 is 2.03. The molecule has 0 spiro atoms. The standard InChI is InChI=1S/C17H15N5S2/c1-2-7-13-12(6-1)14-15-20-21-17(22(15)10-19-16(14)24-13)23-9-11-5-3-4-8-18-11/h3-5,8,10H,1-2,6-7,9H2. The van der Waals surface area contributed by atoms with Gasteiger partial charge in [-0.05, 0) is 43.4 Å². The Morgan fingerprint density at radius 3 is 3.00 bits per heavy atom. The maximum absolute atomic E-state index is 4.67. The minimum Gasteiger partial charge on any atom is -0.260 e. The molecule has 7 heteroatoms. The van der Waals surface area contributed by atoms with E-state index in [1.54, 1.807) is 11.8 Å². The van der Waals surface area contributed by atoms with E-state index in [0.29, 0.717) is 0 Å². The number of rotatable bonds is 3. The van der Waals surface area contributed by atoms with Crippen LogP contribution in [0.2, 0.25) is 0 Å². The first-order chi connectivity index (χ1) is 11.9. The lowest BCUT2D eigenvalue weighted by atomic mass is 9.97. The van der Waals surface area contributed by atoms with Crippen molar-refractivity contribution in [3.8, 4) is 0 Å². The number of aromatic nitrogens is 5. The highest BCUT2D eigenvalue weighted by atomic mass is 32.2. The maximum atomic E-state index is 4.67. The van der Waals surface area contributed by atoms with E-state index < -0.39 is 0 Å². The summed E-state index contributed by atoms with van der Waals surface area (Å²) in [7, 11) is 0. The van der Waals surface area contributed by atoms with E-state index in [-0.39, 0.29) is 0 Å². The molecule has 1 aliphatic rings. The van der Waals surface area contributed by atoms with Crippen molar-refractivity contribution < 1.29 is 0 Å². The van der Waals surface area contributed by atoms with Gasteiger partial charge in [0.15, 0.2) is 10.8 Å². The highest BCUT2D eigenvalue weighted by molar-refractivity contribution is 7.98. The molecular formula is C17H15N5S2. The zero-order valence-electron chi connectivity index (χ0n) is 13.0. The van der Waals surface area contributed by atoms with Crippen molar-refractivity contribution in [2.75, 3.05) is 0 Å². The molecule has 5 rings (SSSR count). The second kappa shape index (κ2) is 5.82. The second-order valence-electron chi connectivity index (χ2n) is 5.92. The summed E-state index contributed by atoms with van der Waals surface area (Å²) in [5.41, 5.74) is 3.44. The van der Waals surface area contributed by atoms with Gasteiger partial charge >= 0.3 is 0 Å². The van der Waals surface area contributed by atoms with Gasteiger partial charge in [-0.25, -0.2) is 4.98 Å². The monoisotopic (exact) mass is 353 g/mol. The van der Waals surface area contributed by atoms with Crippen molar-refractivity contribution in [2.45, 2.75) is 36.6 Å². The van der Waals surface area contributed by atoms with Gasteiger partial charge in [0.25, 0.3) is 0 Å². The number of fused-ring (bicyclic) bond motifs is 5. The van der Waals surface area contributed by atoms with Crippen LogP contribution < -0.4 is 0 Å². The molecular weight excluding hydrogens is 338 g/mol. The third kappa shape index (κ3) is 2.31. The van der Waals surface area contributed by atoms with Crippen LogP contribution in [0.3, 0.4) is 0 Å². The average molecular weight is 353 g/mol. The van der Waals surface area contributed by atoms with E-state index in [0.717, 1.165) is 33.5 Å². The fourth-order valence-corrected chi connectivity index (χ4v) is 5.30. The van der Waals surface area contributed by atoms with Gasteiger partial charge in [-0.3, -0.25) is 9.38 Å². The second-order valence-corrected chi connectivity index (χ2v) is 7.95. The molecule has 24 heavy (non-hydrogen) atoms. The summed E-state index contributed by atoms with van der Waals surface area (Å²) in [4.78, 5) is 11.6.